The molecule has 0 atom stereocenters. The van der Waals surface area contributed by atoms with E-state index in [2.05, 4.69) is 5.32 Å². The molecule has 0 radical (unpaired) electrons. The van der Waals surface area contributed by atoms with Crippen molar-refractivity contribution in [3.05, 3.63) is 35.6 Å². The van der Waals surface area contributed by atoms with Gasteiger partial charge in [0.2, 0.25) is 5.91 Å². The Morgan fingerprint density at radius 2 is 2.00 bits per heavy atom. The molecule has 0 aliphatic rings. The molecule has 112 valence electrons. The van der Waals surface area contributed by atoms with Crippen molar-refractivity contribution in [1.29, 1.82) is 0 Å². The van der Waals surface area contributed by atoms with E-state index in [1.807, 2.05) is 0 Å². The Balaban J connectivity index is 2.06. The first kappa shape index (κ1) is 15.1. The predicted octanol–water partition coefficient (Wildman–Crippen LogP) is 1.70. The van der Waals surface area contributed by atoms with Crippen LogP contribution in [-0.4, -0.2) is 42.5 Å². The van der Waals surface area contributed by atoms with Crippen LogP contribution >= 0.6 is 0 Å². The third-order valence-corrected chi connectivity index (χ3v) is 3.18. The van der Waals surface area contributed by atoms with Crippen molar-refractivity contribution in [2.45, 2.75) is 13.0 Å². The van der Waals surface area contributed by atoms with E-state index in [0.29, 0.717) is 29.7 Å². The van der Waals surface area contributed by atoms with E-state index in [9.17, 15) is 14.7 Å². The smallest absolute Gasteiger partial charge is 0.339 e. The summed E-state index contributed by atoms with van der Waals surface area (Å²) in [4.78, 5) is 24.3. The molecule has 1 heterocycles. The highest BCUT2D eigenvalue weighted by molar-refractivity contribution is 6.03. The van der Waals surface area contributed by atoms with E-state index in [1.165, 1.54) is 4.90 Å². The van der Waals surface area contributed by atoms with Crippen molar-refractivity contribution in [2.24, 2.45) is 0 Å². The number of carbonyl (C=O) groups excluding carboxylic acids is 1. The highest BCUT2D eigenvalue weighted by atomic mass is 16.4. The van der Waals surface area contributed by atoms with Gasteiger partial charge in [-0.05, 0) is 6.07 Å². The molecule has 2 rings (SSSR count). The van der Waals surface area contributed by atoms with Crippen LogP contribution in [0, 0.1) is 0 Å². The van der Waals surface area contributed by atoms with E-state index < -0.39 is 5.97 Å². The van der Waals surface area contributed by atoms with Crippen LogP contribution in [0.2, 0.25) is 0 Å². The predicted molar refractivity (Wildman–Crippen MR) is 78.2 cm³/mol. The van der Waals surface area contributed by atoms with Crippen LogP contribution in [0.15, 0.2) is 28.7 Å². The number of amides is 1. The van der Waals surface area contributed by atoms with Gasteiger partial charge in [-0.15, -0.1) is 0 Å². The fourth-order valence-electron chi connectivity index (χ4n) is 2.08. The van der Waals surface area contributed by atoms with Gasteiger partial charge in [-0.1, -0.05) is 18.2 Å². The maximum atomic E-state index is 11.4. The first-order valence-corrected chi connectivity index (χ1v) is 6.65. The molecule has 0 unspecified atom stereocenters. The SMILES string of the molecule is CN(C)C(=O)CCNCc1oc2ccccc2c1C(=O)O. The normalized spacial score (nSPS) is 10.8. The van der Waals surface area contributed by atoms with Gasteiger partial charge in [0, 0.05) is 32.4 Å². The van der Waals surface area contributed by atoms with Crippen LogP contribution in [-0.2, 0) is 11.3 Å². The van der Waals surface area contributed by atoms with Crippen molar-refractivity contribution in [1.82, 2.24) is 10.2 Å². The summed E-state index contributed by atoms with van der Waals surface area (Å²) in [6.45, 7) is 0.740. The number of benzene rings is 1. The Kier molecular flexibility index (Phi) is 4.59. The van der Waals surface area contributed by atoms with Gasteiger partial charge in [0.05, 0.1) is 6.54 Å². The summed E-state index contributed by atoms with van der Waals surface area (Å²) >= 11 is 0. The Morgan fingerprint density at radius 1 is 1.29 bits per heavy atom. The minimum absolute atomic E-state index is 0.0190. The molecule has 0 saturated heterocycles. The molecule has 1 amide bonds. The number of nitrogens with one attached hydrogen (secondary N) is 1. The number of para-hydroxylation sites is 1. The van der Waals surface area contributed by atoms with Gasteiger partial charge in [-0.2, -0.15) is 0 Å². The van der Waals surface area contributed by atoms with Gasteiger partial charge < -0.3 is 19.7 Å². The van der Waals surface area contributed by atoms with Gasteiger partial charge in [0.25, 0.3) is 0 Å². The number of carbonyl (C=O) groups is 2. The first-order chi connectivity index (χ1) is 10.0. The molecule has 2 aromatic rings. The maximum Gasteiger partial charge on any atom is 0.339 e. The summed E-state index contributed by atoms with van der Waals surface area (Å²) in [7, 11) is 3.40. The zero-order valence-electron chi connectivity index (χ0n) is 12.0. The zero-order valence-corrected chi connectivity index (χ0v) is 12.0. The number of nitrogens with zero attached hydrogens (tertiary/aromatic N) is 1. The third-order valence-electron chi connectivity index (χ3n) is 3.18. The average Bonchev–Trinajstić information content (AvgIpc) is 2.81. The summed E-state index contributed by atoms with van der Waals surface area (Å²) in [6, 6.07) is 7.03. The molecule has 0 aliphatic heterocycles. The number of hydrogen-bond donors (Lipinski definition) is 2. The molecular formula is C15H18N2O4. The Bertz CT molecular complexity index is 661. The Morgan fingerprint density at radius 3 is 2.67 bits per heavy atom. The summed E-state index contributed by atoms with van der Waals surface area (Å²) in [6.07, 6.45) is 0.357. The minimum atomic E-state index is -1.01. The second-order valence-corrected chi connectivity index (χ2v) is 4.92. The lowest BCUT2D eigenvalue weighted by molar-refractivity contribution is -0.128. The van der Waals surface area contributed by atoms with Gasteiger partial charge in [-0.3, -0.25) is 4.79 Å². The van der Waals surface area contributed by atoms with Crippen molar-refractivity contribution >= 4 is 22.8 Å². The molecule has 0 spiro atoms. The van der Waals surface area contributed by atoms with E-state index in [-0.39, 0.29) is 18.0 Å². The monoisotopic (exact) mass is 290 g/mol. The lowest BCUT2D eigenvalue weighted by Gasteiger charge is -2.10. The second-order valence-electron chi connectivity index (χ2n) is 4.92. The van der Waals surface area contributed by atoms with Crippen molar-refractivity contribution in [2.75, 3.05) is 20.6 Å². The summed E-state index contributed by atoms with van der Waals surface area (Å²) in [5.41, 5.74) is 0.730. The number of rotatable bonds is 6. The van der Waals surface area contributed by atoms with Crippen LogP contribution in [0.25, 0.3) is 11.0 Å². The third kappa shape index (κ3) is 3.41. The number of fused-ring (bicyclic) bond motifs is 1. The van der Waals surface area contributed by atoms with E-state index >= 15 is 0 Å². The van der Waals surface area contributed by atoms with Crippen molar-refractivity contribution in [3.8, 4) is 0 Å². The fourth-order valence-corrected chi connectivity index (χ4v) is 2.08. The maximum absolute atomic E-state index is 11.4. The largest absolute Gasteiger partial charge is 0.478 e. The van der Waals surface area contributed by atoms with Gasteiger partial charge in [-0.25, -0.2) is 4.79 Å². The van der Waals surface area contributed by atoms with Crippen molar-refractivity contribution in [3.63, 3.8) is 0 Å². The molecule has 0 bridgehead atoms. The summed E-state index contributed by atoms with van der Waals surface area (Å²) in [5.74, 6) is -0.618. The molecule has 6 nitrogen and oxygen atoms in total. The second kappa shape index (κ2) is 6.41. The molecule has 1 aromatic heterocycles. The van der Waals surface area contributed by atoms with E-state index in [0.717, 1.165) is 0 Å². The fraction of sp³-hybridized carbons (Fsp3) is 0.333. The Hall–Kier alpha value is -2.34. The van der Waals surface area contributed by atoms with Crippen molar-refractivity contribution < 1.29 is 19.1 Å². The van der Waals surface area contributed by atoms with Gasteiger partial charge in [0.1, 0.15) is 16.9 Å². The lowest BCUT2D eigenvalue weighted by atomic mass is 10.1. The minimum Gasteiger partial charge on any atom is -0.478 e. The average molecular weight is 290 g/mol. The quantitative estimate of drug-likeness (QED) is 0.791. The molecule has 0 aliphatic carbocycles. The highest BCUT2D eigenvalue weighted by Gasteiger charge is 2.19. The number of hydrogen-bond acceptors (Lipinski definition) is 4. The van der Waals surface area contributed by atoms with E-state index in [1.54, 1.807) is 38.4 Å². The highest BCUT2D eigenvalue weighted by Crippen LogP contribution is 2.25. The lowest BCUT2D eigenvalue weighted by Crippen LogP contribution is -2.26. The molecular weight excluding hydrogens is 272 g/mol. The first-order valence-electron chi connectivity index (χ1n) is 6.65. The molecule has 0 fully saturated rings. The summed E-state index contributed by atoms with van der Waals surface area (Å²) in [5, 5.41) is 12.9. The Labute approximate surface area is 122 Å². The zero-order chi connectivity index (χ0) is 15.4. The van der Waals surface area contributed by atoms with Crippen LogP contribution < -0.4 is 5.32 Å². The van der Waals surface area contributed by atoms with Crippen LogP contribution in [0.4, 0.5) is 0 Å². The van der Waals surface area contributed by atoms with Gasteiger partial charge in [0.15, 0.2) is 0 Å². The number of aromatic carboxylic acids is 1. The molecule has 2 N–H and O–H groups in total. The number of furan rings is 1. The molecule has 21 heavy (non-hydrogen) atoms. The number of carboxylic acids is 1. The molecule has 6 heteroatoms. The molecule has 1 aromatic carbocycles. The number of carboxylic acid groups (broad SMARTS) is 1. The van der Waals surface area contributed by atoms with Crippen LogP contribution in [0.3, 0.4) is 0 Å². The standard InChI is InChI=1S/C15H18N2O4/c1-17(2)13(18)7-8-16-9-12-14(15(19)20)10-5-3-4-6-11(10)21-12/h3-6,16H,7-9H2,1-2H3,(H,19,20). The summed E-state index contributed by atoms with van der Waals surface area (Å²) < 4.78 is 5.58. The topological polar surface area (TPSA) is 82.8 Å². The van der Waals surface area contributed by atoms with Crippen LogP contribution in [0.1, 0.15) is 22.5 Å². The molecule has 0 saturated carbocycles. The van der Waals surface area contributed by atoms with E-state index in [4.69, 9.17) is 4.42 Å². The van der Waals surface area contributed by atoms with Gasteiger partial charge >= 0.3 is 5.97 Å². The van der Waals surface area contributed by atoms with Crippen LogP contribution in [0.5, 0.6) is 0 Å².